The van der Waals surface area contributed by atoms with Gasteiger partial charge in [-0.3, -0.25) is 9.78 Å². The third kappa shape index (κ3) is 4.28. The van der Waals surface area contributed by atoms with Crippen molar-refractivity contribution in [2.24, 2.45) is 0 Å². The summed E-state index contributed by atoms with van der Waals surface area (Å²) in [4.78, 5) is 22.6. The Morgan fingerprint density at radius 2 is 2.03 bits per heavy atom. The molecule has 0 aliphatic carbocycles. The molecule has 0 aliphatic heterocycles. The molecule has 2 aromatic heterocycles. The number of H-pyrrole nitrogens is 2. The highest BCUT2D eigenvalue weighted by atomic mass is 79.9. The number of nitrogens with one attached hydrogen (secondary N) is 4. The number of aromatic nitrogens is 3. The Morgan fingerprint density at radius 3 is 2.90 bits per heavy atom. The van der Waals surface area contributed by atoms with E-state index in [1.165, 1.54) is 0 Å². The van der Waals surface area contributed by atoms with Crippen molar-refractivity contribution in [1.82, 2.24) is 20.3 Å². The first-order valence-electron chi connectivity index (χ1n) is 9.43. The molecular weight excluding hydrogens is 434 g/mol. The molecule has 8 heteroatoms. The number of hydrogen-bond donors (Lipinski definition) is 4. The monoisotopic (exact) mass is 455 g/mol. The third-order valence-corrected chi connectivity index (χ3v) is 5.44. The summed E-state index contributed by atoms with van der Waals surface area (Å²) in [6, 6.07) is 11.4. The lowest BCUT2D eigenvalue weighted by Gasteiger charge is -2.10. The van der Waals surface area contributed by atoms with Crippen LogP contribution in [0.15, 0.2) is 51.9 Å². The van der Waals surface area contributed by atoms with Crippen molar-refractivity contribution in [3.05, 3.63) is 63.0 Å². The fourth-order valence-electron chi connectivity index (χ4n) is 3.32. The summed E-state index contributed by atoms with van der Waals surface area (Å²) in [5.41, 5.74) is 2.81. The maximum absolute atomic E-state index is 12.1. The van der Waals surface area contributed by atoms with Gasteiger partial charge in [0.2, 0.25) is 5.95 Å². The summed E-state index contributed by atoms with van der Waals surface area (Å²) in [5.74, 6) is 1.34. The first-order chi connectivity index (χ1) is 14.2. The summed E-state index contributed by atoms with van der Waals surface area (Å²) >= 11 is 3.56. The predicted molar refractivity (Wildman–Crippen MR) is 120 cm³/mol. The van der Waals surface area contributed by atoms with E-state index in [0.29, 0.717) is 23.4 Å². The fourth-order valence-corrected chi connectivity index (χ4v) is 3.74. The van der Waals surface area contributed by atoms with Gasteiger partial charge in [0.05, 0.1) is 23.5 Å². The fraction of sp³-hybridized carbons (Fsp3) is 0.238. The van der Waals surface area contributed by atoms with Crippen LogP contribution in [-0.2, 0) is 6.54 Å². The number of hydrogen-bond acceptors (Lipinski definition) is 5. The SMILES string of the molecule is COc1cc(CNCCCNc2nc3ccccc3c(=O)[nH]2)c2[nH]cc(Br)c2c1. The lowest BCUT2D eigenvalue weighted by Crippen LogP contribution is -2.19. The number of methoxy groups -OCH3 is 1. The van der Waals surface area contributed by atoms with Crippen LogP contribution in [0.1, 0.15) is 12.0 Å². The quantitative estimate of drug-likeness (QED) is 0.303. The molecule has 0 amide bonds. The molecule has 2 aromatic carbocycles. The molecule has 7 nitrogen and oxygen atoms in total. The van der Waals surface area contributed by atoms with Crippen LogP contribution in [0, 0.1) is 0 Å². The number of halogens is 1. The smallest absolute Gasteiger partial charge is 0.260 e. The summed E-state index contributed by atoms with van der Waals surface area (Å²) in [6.45, 7) is 2.26. The van der Waals surface area contributed by atoms with Gasteiger partial charge in [-0.25, -0.2) is 4.98 Å². The lowest BCUT2D eigenvalue weighted by molar-refractivity contribution is 0.414. The van der Waals surface area contributed by atoms with Gasteiger partial charge in [0, 0.05) is 29.1 Å². The van der Waals surface area contributed by atoms with Gasteiger partial charge in [0.1, 0.15) is 5.75 Å². The minimum atomic E-state index is -0.129. The van der Waals surface area contributed by atoms with Gasteiger partial charge in [0.25, 0.3) is 5.56 Å². The lowest BCUT2D eigenvalue weighted by atomic mass is 10.1. The van der Waals surface area contributed by atoms with Gasteiger partial charge >= 0.3 is 0 Å². The molecule has 0 aliphatic rings. The molecule has 2 heterocycles. The largest absolute Gasteiger partial charge is 0.497 e. The molecule has 4 rings (SSSR count). The third-order valence-electron chi connectivity index (χ3n) is 4.78. The van der Waals surface area contributed by atoms with Gasteiger partial charge in [-0.15, -0.1) is 0 Å². The molecule has 0 atom stereocenters. The number of para-hydroxylation sites is 1. The van der Waals surface area contributed by atoms with Crippen molar-refractivity contribution >= 4 is 43.7 Å². The van der Waals surface area contributed by atoms with Gasteiger partial charge < -0.3 is 20.4 Å². The topological polar surface area (TPSA) is 94.8 Å². The highest BCUT2D eigenvalue weighted by Crippen LogP contribution is 2.30. The number of nitrogens with zero attached hydrogens (tertiary/aromatic N) is 1. The second-order valence-electron chi connectivity index (χ2n) is 6.73. The van der Waals surface area contributed by atoms with Crippen LogP contribution in [-0.4, -0.2) is 35.2 Å². The highest BCUT2D eigenvalue weighted by molar-refractivity contribution is 9.10. The maximum Gasteiger partial charge on any atom is 0.260 e. The van der Waals surface area contributed by atoms with Crippen molar-refractivity contribution in [3.63, 3.8) is 0 Å². The zero-order chi connectivity index (χ0) is 20.2. The van der Waals surface area contributed by atoms with E-state index in [0.717, 1.165) is 46.2 Å². The van der Waals surface area contributed by atoms with E-state index in [1.54, 1.807) is 13.2 Å². The average Bonchev–Trinajstić information content (AvgIpc) is 3.11. The first-order valence-corrected chi connectivity index (χ1v) is 10.2. The van der Waals surface area contributed by atoms with Gasteiger partial charge in [-0.1, -0.05) is 12.1 Å². The minimum Gasteiger partial charge on any atom is -0.497 e. The Morgan fingerprint density at radius 1 is 1.17 bits per heavy atom. The van der Waals surface area contributed by atoms with Crippen LogP contribution in [0.3, 0.4) is 0 Å². The van der Waals surface area contributed by atoms with E-state index in [2.05, 4.69) is 41.5 Å². The summed E-state index contributed by atoms with van der Waals surface area (Å²) in [6.07, 6.45) is 2.83. The number of rotatable bonds is 8. The highest BCUT2D eigenvalue weighted by Gasteiger charge is 2.09. The van der Waals surface area contributed by atoms with Crippen LogP contribution in [0.25, 0.3) is 21.8 Å². The van der Waals surface area contributed by atoms with E-state index in [9.17, 15) is 4.79 Å². The minimum absolute atomic E-state index is 0.129. The Kier molecular flexibility index (Phi) is 5.82. The number of benzene rings is 2. The standard InChI is InChI=1S/C21H22BrN5O2/c1-29-14-9-13(19-16(10-14)17(22)12-25-19)11-23-7-4-8-24-21-26-18-6-3-2-5-15(18)20(28)27-21/h2-3,5-6,9-10,12,23,25H,4,7-8,11H2,1H3,(H2,24,26,27,28). The molecular formula is C21H22BrN5O2. The Labute approximate surface area is 176 Å². The first kappa shape index (κ1) is 19.5. The van der Waals surface area contributed by atoms with Gasteiger partial charge in [0.15, 0.2) is 0 Å². The zero-order valence-corrected chi connectivity index (χ0v) is 17.6. The Hall–Kier alpha value is -2.84. The van der Waals surface area contributed by atoms with Crippen molar-refractivity contribution in [3.8, 4) is 5.75 Å². The number of ether oxygens (including phenoxy) is 1. The summed E-state index contributed by atoms with van der Waals surface area (Å²) in [5, 5.41) is 8.35. The van der Waals surface area contributed by atoms with Crippen molar-refractivity contribution in [1.29, 1.82) is 0 Å². The van der Waals surface area contributed by atoms with Crippen LogP contribution in [0.4, 0.5) is 5.95 Å². The van der Waals surface area contributed by atoms with Crippen LogP contribution in [0.5, 0.6) is 5.75 Å². The second-order valence-corrected chi connectivity index (χ2v) is 7.59. The molecule has 0 fully saturated rings. The van der Waals surface area contributed by atoms with E-state index in [-0.39, 0.29) is 5.56 Å². The molecule has 4 aromatic rings. The van der Waals surface area contributed by atoms with Gasteiger partial charge in [-0.05, 0) is 58.7 Å². The number of anilines is 1. The predicted octanol–water partition coefficient (Wildman–Crippen LogP) is 3.77. The summed E-state index contributed by atoms with van der Waals surface area (Å²) in [7, 11) is 1.68. The van der Waals surface area contributed by atoms with Gasteiger partial charge in [-0.2, -0.15) is 0 Å². The van der Waals surface area contributed by atoms with Crippen molar-refractivity contribution < 1.29 is 4.74 Å². The molecule has 0 radical (unpaired) electrons. The normalized spacial score (nSPS) is 11.2. The molecule has 0 bridgehead atoms. The van der Waals surface area contributed by atoms with E-state index in [4.69, 9.17) is 4.74 Å². The van der Waals surface area contributed by atoms with Crippen molar-refractivity contribution in [2.45, 2.75) is 13.0 Å². The zero-order valence-electron chi connectivity index (χ0n) is 16.0. The molecule has 29 heavy (non-hydrogen) atoms. The number of fused-ring (bicyclic) bond motifs is 2. The molecule has 4 N–H and O–H groups in total. The van der Waals surface area contributed by atoms with E-state index >= 15 is 0 Å². The van der Waals surface area contributed by atoms with Crippen LogP contribution < -0.4 is 20.9 Å². The van der Waals surface area contributed by atoms with Crippen LogP contribution in [0.2, 0.25) is 0 Å². The summed E-state index contributed by atoms with van der Waals surface area (Å²) < 4.78 is 6.43. The second kappa shape index (κ2) is 8.67. The Bertz CT molecular complexity index is 1200. The molecule has 0 spiro atoms. The number of aromatic amines is 2. The molecule has 0 unspecified atom stereocenters. The molecule has 0 saturated heterocycles. The molecule has 150 valence electrons. The Balaban J connectivity index is 1.31. The van der Waals surface area contributed by atoms with Crippen molar-refractivity contribution in [2.75, 3.05) is 25.5 Å². The average molecular weight is 456 g/mol. The van der Waals surface area contributed by atoms with E-state index < -0.39 is 0 Å². The molecule has 0 saturated carbocycles. The van der Waals surface area contributed by atoms with E-state index in [1.807, 2.05) is 36.5 Å². The van der Waals surface area contributed by atoms with Crippen LogP contribution >= 0.6 is 15.9 Å². The maximum atomic E-state index is 12.1.